The van der Waals surface area contributed by atoms with Gasteiger partial charge in [-0.05, 0) is 36.4 Å². The van der Waals surface area contributed by atoms with E-state index in [1.54, 1.807) is 24.3 Å². The third kappa shape index (κ3) is 4.60. The number of carbonyl (C=O) groups excluding carboxylic acids is 2. The first-order valence-corrected chi connectivity index (χ1v) is 11.9. The van der Waals surface area contributed by atoms with Gasteiger partial charge < -0.3 is 14.5 Å². The van der Waals surface area contributed by atoms with Gasteiger partial charge in [0, 0.05) is 33.1 Å². The second kappa shape index (κ2) is 8.91. The maximum absolute atomic E-state index is 13.1. The number of anilines is 1. The van der Waals surface area contributed by atoms with E-state index in [0.29, 0.717) is 11.4 Å². The van der Waals surface area contributed by atoms with Crippen LogP contribution in [0.3, 0.4) is 0 Å². The summed E-state index contributed by atoms with van der Waals surface area (Å²) in [6.07, 6.45) is -5.50. The lowest BCUT2D eigenvalue weighted by Crippen LogP contribution is -2.56. The van der Waals surface area contributed by atoms with E-state index in [2.05, 4.69) is 0 Å². The van der Waals surface area contributed by atoms with Crippen LogP contribution in [0.5, 0.6) is 5.75 Å². The number of hydrogen-bond donors (Lipinski definition) is 0. The molecular weight excluding hydrogens is 475 g/mol. The number of piperazine rings is 1. The third-order valence-electron chi connectivity index (χ3n) is 5.80. The van der Waals surface area contributed by atoms with Crippen LogP contribution in [0.2, 0.25) is 0 Å². The maximum atomic E-state index is 13.1. The van der Waals surface area contributed by atoms with Gasteiger partial charge in [-0.25, -0.2) is 8.42 Å². The molecule has 0 radical (unpaired) electrons. The van der Waals surface area contributed by atoms with Gasteiger partial charge >= 0.3 is 6.18 Å². The SMILES string of the molecule is CC(=O)N1CC(C(=O)N2CCN(S(=O)(=O)c3ccc(C(F)(F)F)cc3)CC2)Oc2ccccc21. The highest BCUT2D eigenvalue weighted by Gasteiger charge is 2.38. The highest BCUT2D eigenvalue weighted by molar-refractivity contribution is 7.89. The molecule has 0 bridgehead atoms. The van der Waals surface area contributed by atoms with Crippen LogP contribution in [0.25, 0.3) is 0 Å². The molecule has 1 fully saturated rings. The molecule has 34 heavy (non-hydrogen) atoms. The Hall–Kier alpha value is -3.12. The summed E-state index contributed by atoms with van der Waals surface area (Å²) < 4.78 is 71.0. The number of para-hydroxylation sites is 2. The number of hydrogen-bond acceptors (Lipinski definition) is 5. The molecule has 1 saturated heterocycles. The van der Waals surface area contributed by atoms with Gasteiger partial charge in [-0.3, -0.25) is 9.59 Å². The van der Waals surface area contributed by atoms with E-state index in [1.165, 1.54) is 16.7 Å². The highest BCUT2D eigenvalue weighted by atomic mass is 32.2. The van der Waals surface area contributed by atoms with Crippen molar-refractivity contribution in [3.8, 4) is 5.75 Å². The van der Waals surface area contributed by atoms with E-state index in [1.807, 2.05) is 0 Å². The highest BCUT2D eigenvalue weighted by Crippen LogP contribution is 2.34. The Morgan fingerprint density at radius 1 is 0.971 bits per heavy atom. The van der Waals surface area contributed by atoms with Crippen LogP contribution in [-0.4, -0.2) is 68.3 Å². The first kappa shape index (κ1) is 24.0. The average Bonchev–Trinajstić information content (AvgIpc) is 2.82. The van der Waals surface area contributed by atoms with Crippen LogP contribution in [0, 0.1) is 0 Å². The van der Waals surface area contributed by atoms with Crippen molar-refractivity contribution in [3.05, 3.63) is 54.1 Å². The minimum Gasteiger partial charge on any atom is -0.476 e. The molecule has 8 nitrogen and oxygen atoms in total. The lowest BCUT2D eigenvalue weighted by Gasteiger charge is -2.38. The van der Waals surface area contributed by atoms with Gasteiger partial charge in [0.2, 0.25) is 15.9 Å². The number of halogens is 3. The second-order valence-electron chi connectivity index (χ2n) is 7.96. The van der Waals surface area contributed by atoms with Crippen molar-refractivity contribution >= 4 is 27.5 Å². The van der Waals surface area contributed by atoms with Crippen molar-refractivity contribution in [3.63, 3.8) is 0 Å². The molecular formula is C22H22F3N3O5S. The summed E-state index contributed by atoms with van der Waals surface area (Å²) in [5.41, 5.74) is -0.359. The Kier molecular flexibility index (Phi) is 6.30. The molecule has 12 heteroatoms. The fraction of sp³-hybridized carbons (Fsp3) is 0.364. The van der Waals surface area contributed by atoms with Crippen LogP contribution < -0.4 is 9.64 Å². The largest absolute Gasteiger partial charge is 0.476 e. The smallest absolute Gasteiger partial charge is 0.416 e. The van der Waals surface area contributed by atoms with Crippen LogP contribution >= 0.6 is 0 Å². The van der Waals surface area contributed by atoms with Gasteiger partial charge in [0.05, 0.1) is 22.7 Å². The zero-order valence-corrected chi connectivity index (χ0v) is 19.0. The Morgan fingerprint density at radius 2 is 1.59 bits per heavy atom. The summed E-state index contributed by atoms with van der Waals surface area (Å²) >= 11 is 0. The summed E-state index contributed by atoms with van der Waals surface area (Å²) in [6, 6.07) is 10.2. The molecule has 0 spiro atoms. The van der Waals surface area contributed by atoms with E-state index < -0.39 is 27.9 Å². The fourth-order valence-corrected chi connectivity index (χ4v) is 5.40. The summed E-state index contributed by atoms with van der Waals surface area (Å²) in [4.78, 5) is 27.8. The number of nitrogens with zero attached hydrogens (tertiary/aromatic N) is 3. The minimum atomic E-state index is -4.56. The zero-order valence-electron chi connectivity index (χ0n) is 18.2. The van der Waals surface area contributed by atoms with Gasteiger partial charge in [0.15, 0.2) is 6.10 Å². The Labute approximate surface area is 194 Å². The number of fused-ring (bicyclic) bond motifs is 1. The molecule has 2 aromatic carbocycles. The van der Waals surface area contributed by atoms with E-state index in [-0.39, 0.29) is 49.4 Å². The Morgan fingerprint density at radius 3 is 2.18 bits per heavy atom. The molecule has 0 aromatic heterocycles. The van der Waals surface area contributed by atoms with E-state index in [9.17, 15) is 31.2 Å². The van der Waals surface area contributed by atoms with Crippen LogP contribution in [-0.2, 0) is 25.8 Å². The molecule has 2 aromatic rings. The average molecular weight is 497 g/mol. The van der Waals surface area contributed by atoms with Gasteiger partial charge in [-0.2, -0.15) is 17.5 Å². The molecule has 0 saturated carbocycles. The van der Waals surface area contributed by atoms with Crippen molar-refractivity contribution in [2.45, 2.75) is 24.1 Å². The standard InChI is InChI=1S/C22H22F3N3O5S/c1-15(29)28-14-20(33-19-5-3-2-4-18(19)28)21(30)26-10-12-27(13-11-26)34(31,32)17-8-6-16(7-9-17)22(23,24)25/h2-9,20H,10-14H2,1H3. The first-order chi connectivity index (χ1) is 16.0. The molecule has 4 rings (SSSR count). The van der Waals surface area contributed by atoms with Crippen LogP contribution in [0.15, 0.2) is 53.4 Å². The third-order valence-corrected chi connectivity index (χ3v) is 7.71. The zero-order chi connectivity index (χ0) is 24.7. The summed E-state index contributed by atoms with van der Waals surface area (Å²) in [6.45, 7) is 1.56. The predicted molar refractivity (Wildman–Crippen MR) is 116 cm³/mol. The van der Waals surface area contributed by atoms with E-state index >= 15 is 0 Å². The molecule has 2 aliphatic rings. The number of alkyl halides is 3. The Bertz CT molecular complexity index is 1190. The Balaban J connectivity index is 1.42. The molecule has 1 unspecified atom stereocenters. The predicted octanol–water partition coefficient (Wildman–Crippen LogP) is 2.35. The molecule has 1 atom stereocenters. The first-order valence-electron chi connectivity index (χ1n) is 10.5. The fourth-order valence-electron chi connectivity index (χ4n) is 3.98. The topological polar surface area (TPSA) is 87.2 Å². The van der Waals surface area contributed by atoms with E-state index in [0.717, 1.165) is 28.6 Å². The number of ether oxygens (including phenoxy) is 1. The molecule has 0 N–H and O–H groups in total. The maximum Gasteiger partial charge on any atom is 0.416 e. The van der Waals surface area contributed by atoms with Crippen molar-refractivity contribution in [1.82, 2.24) is 9.21 Å². The number of sulfonamides is 1. The van der Waals surface area contributed by atoms with Crippen molar-refractivity contribution < 1.29 is 35.9 Å². The van der Waals surface area contributed by atoms with Gasteiger partial charge in [0.1, 0.15) is 5.75 Å². The number of amides is 2. The molecule has 2 aliphatic heterocycles. The molecule has 0 aliphatic carbocycles. The quantitative estimate of drug-likeness (QED) is 0.650. The van der Waals surface area contributed by atoms with Gasteiger partial charge in [-0.15, -0.1) is 0 Å². The molecule has 2 amide bonds. The normalized spacial score (nSPS) is 19.4. The van der Waals surface area contributed by atoms with Crippen LogP contribution in [0.4, 0.5) is 18.9 Å². The number of benzene rings is 2. The monoisotopic (exact) mass is 497 g/mol. The summed E-state index contributed by atoms with van der Waals surface area (Å²) in [5.74, 6) is -0.195. The summed E-state index contributed by atoms with van der Waals surface area (Å²) in [7, 11) is -4.01. The molecule has 182 valence electrons. The van der Waals surface area contributed by atoms with Gasteiger partial charge in [-0.1, -0.05) is 12.1 Å². The lowest BCUT2D eigenvalue weighted by atomic mass is 10.1. The minimum absolute atomic E-state index is 0.0190. The second-order valence-corrected chi connectivity index (χ2v) is 9.89. The van der Waals surface area contributed by atoms with Crippen molar-refractivity contribution in [1.29, 1.82) is 0 Å². The van der Waals surface area contributed by atoms with E-state index in [4.69, 9.17) is 4.74 Å². The van der Waals surface area contributed by atoms with Crippen molar-refractivity contribution in [2.75, 3.05) is 37.6 Å². The lowest BCUT2D eigenvalue weighted by molar-refractivity contribution is -0.140. The van der Waals surface area contributed by atoms with Crippen LogP contribution in [0.1, 0.15) is 12.5 Å². The molecule has 2 heterocycles. The number of rotatable bonds is 3. The van der Waals surface area contributed by atoms with Gasteiger partial charge in [0.25, 0.3) is 5.91 Å². The summed E-state index contributed by atoms with van der Waals surface area (Å²) in [5, 5.41) is 0. The number of carbonyl (C=O) groups is 2. The van der Waals surface area contributed by atoms with Crippen molar-refractivity contribution in [2.24, 2.45) is 0 Å².